The van der Waals surface area contributed by atoms with E-state index < -0.39 is 0 Å². The predicted molar refractivity (Wildman–Crippen MR) is 106 cm³/mol. The van der Waals surface area contributed by atoms with Gasteiger partial charge in [0.1, 0.15) is 0 Å². The number of aromatic nitrogens is 2. The molecular weight excluding hydrogens is 356 g/mol. The molecule has 0 unspecified atom stereocenters. The van der Waals surface area contributed by atoms with E-state index >= 15 is 0 Å². The summed E-state index contributed by atoms with van der Waals surface area (Å²) in [5.74, 6) is 0.319. The third-order valence-electron chi connectivity index (χ3n) is 5.93. The number of ether oxygens (including phenoxy) is 2. The molecule has 150 valence electrons. The van der Waals surface area contributed by atoms with Gasteiger partial charge in [-0.25, -0.2) is 4.79 Å². The Labute approximate surface area is 164 Å². The fourth-order valence-corrected chi connectivity index (χ4v) is 4.64. The molecule has 1 heterocycles. The van der Waals surface area contributed by atoms with Crippen molar-refractivity contribution < 1.29 is 9.47 Å². The third kappa shape index (κ3) is 3.71. The van der Waals surface area contributed by atoms with Crippen LogP contribution in [0, 0.1) is 11.3 Å². The summed E-state index contributed by atoms with van der Waals surface area (Å²) in [6.07, 6.45) is 3.36. The largest absolute Gasteiger partial charge is 0.376 e. The first-order valence-corrected chi connectivity index (χ1v) is 9.89. The Balaban J connectivity index is 1.53. The highest BCUT2D eigenvalue weighted by atomic mass is 16.5. The van der Waals surface area contributed by atoms with E-state index in [-0.39, 0.29) is 34.4 Å². The maximum absolute atomic E-state index is 12.3. The Bertz CT molecular complexity index is 943. The van der Waals surface area contributed by atoms with Gasteiger partial charge in [-0.05, 0) is 45.1 Å². The van der Waals surface area contributed by atoms with Crippen molar-refractivity contribution in [2.75, 3.05) is 6.61 Å². The number of nitrogens with one attached hydrogen (secondary N) is 1. The molecule has 0 aliphatic heterocycles. The molecule has 1 N–H and O–H groups in total. The minimum absolute atomic E-state index is 0.0250. The molecule has 0 saturated heterocycles. The molecule has 6 nitrogen and oxygen atoms in total. The fourth-order valence-electron chi connectivity index (χ4n) is 4.64. The van der Waals surface area contributed by atoms with Crippen LogP contribution in [0.1, 0.15) is 45.2 Å². The van der Waals surface area contributed by atoms with Gasteiger partial charge in [0.2, 0.25) is 0 Å². The molecule has 2 saturated carbocycles. The minimum Gasteiger partial charge on any atom is -0.376 e. The van der Waals surface area contributed by atoms with Crippen molar-refractivity contribution in [2.24, 2.45) is 11.3 Å². The van der Waals surface area contributed by atoms with Crippen molar-refractivity contribution >= 4 is 0 Å². The highest BCUT2D eigenvalue weighted by molar-refractivity contribution is 5.19. The number of benzene rings is 1. The van der Waals surface area contributed by atoms with Crippen LogP contribution in [0.5, 0.6) is 0 Å². The Hall–Kier alpha value is -2.18. The van der Waals surface area contributed by atoms with E-state index in [2.05, 4.69) is 37.9 Å². The highest BCUT2D eigenvalue weighted by Crippen LogP contribution is 2.68. The lowest BCUT2D eigenvalue weighted by molar-refractivity contribution is -0.104. The summed E-state index contributed by atoms with van der Waals surface area (Å²) in [6.45, 7) is 7.36. The maximum atomic E-state index is 12.3. The van der Waals surface area contributed by atoms with E-state index in [1.165, 1.54) is 6.07 Å². The van der Waals surface area contributed by atoms with Gasteiger partial charge in [0.15, 0.2) is 0 Å². The van der Waals surface area contributed by atoms with E-state index in [0.717, 1.165) is 18.4 Å². The molecule has 0 amide bonds. The van der Waals surface area contributed by atoms with Crippen LogP contribution < -0.4 is 11.2 Å². The second-order valence-electron chi connectivity index (χ2n) is 9.06. The lowest BCUT2D eigenvalue weighted by Crippen LogP contribution is -2.35. The highest BCUT2D eigenvalue weighted by Gasteiger charge is 2.68. The quantitative estimate of drug-likeness (QED) is 0.831. The zero-order valence-corrected chi connectivity index (χ0v) is 16.7. The van der Waals surface area contributed by atoms with Gasteiger partial charge in [-0.15, -0.1) is 0 Å². The smallest absolute Gasteiger partial charge is 0.328 e. The Morgan fingerprint density at radius 2 is 1.93 bits per heavy atom. The van der Waals surface area contributed by atoms with Crippen LogP contribution in [0.2, 0.25) is 0 Å². The molecule has 2 aliphatic carbocycles. The first-order chi connectivity index (χ1) is 13.3. The number of aromatic amines is 1. The van der Waals surface area contributed by atoms with Crippen LogP contribution in [0.25, 0.3) is 0 Å². The molecule has 1 aromatic heterocycles. The zero-order chi connectivity index (χ0) is 19.9. The second-order valence-corrected chi connectivity index (χ2v) is 9.06. The van der Waals surface area contributed by atoms with Gasteiger partial charge < -0.3 is 9.47 Å². The number of rotatable bonds is 6. The number of hydrogen-bond donors (Lipinski definition) is 1. The van der Waals surface area contributed by atoms with Crippen LogP contribution in [-0.2, 0) is 16.1 Å². The summed E-state index contributed by atoms with van der Waals surface area (Å²) >= 11 is 0. The van der Waals surface area contributed by atoms with Crippen molar-refractivity contribution in [1.29, 1.82) is 0 Å². The first-order valence-electron chi connectivity index (χ1n) is 9.89. The summed E-state index contributed by atoms with van der Waals surface area (Å²) in [5, 5.41) is 0. The average Bonchev–Trinajstić information content (AvgIpc) is 3.28. The third-order valence-corrected chi connectivity index (χ3v) is 5.93. The van der Waals surface area contributed by atoms with Gasteiger partial charge in [0.05, 0.1) is 24.9 Å². The van der Waals surface area contributed by atoms with Crippen LogP contribution in [-0.4, -0.2) is 27.9 Å². The molecule has 28 heavy (non-hydrogen) atoms. The first kappa shape index (κ1) is 19.2. The van der Waals surface area contributed by atoms with Gasteiger partial charge in [-0.2, -0.15) is 0 Å². The van der Waals surface area contributed by atoms with Gasteiger partial charge in [-0.3, -0.25) is 14.3 Å². The van der Waals surface area contributed by atoms with Crippen LogP contribution in [0.4, 0.5) is 0 Å². The Morgan fingerprint density at radius 3 is 2.61 bits per heavy atom. The van der Waals surface area contributed by atoms with Crippen molar-refractivity contribution in [1.82, 2.24) is 9.55 Å². The van der Waals surface area contributed by atoms with Crippen molar-refractivity contribution in [2.45, 2.75) is 58.0 Å². The van der Waals surface area contributed by atoms with E-state index in [1.54, 1.807) is 10.8 Å². The average molecular weight is 384 g/mol. The van der Waals surface area contributed by atoms with Crippen molar-refractivity contribution in [3.63, 3.8) is 0 Å². The molecule has 0 spiro atoms. The molecule has 4 atom stereocenters. The summed E-state index contributed by atoms with van der Waals surface area (Å²) in [4.78, 5) is 26.1. The maximum Gasteiger partial charge on any atom is 0.328 e. The minimum atomic E-state index is -0.366. The number of H-pyrrole nitrogens is 1. The zero-order valence-electron chi connectivity index (χ0n) is 16.7. The lowest BCUT2D eigenvalue weighted by atomic mass is 10.0. The SMILES string of the molecule is CC(C)(C)O[C@H]1C[C@H](n2ccc(=O)[nH]c2=O)[C@H]2C[C@@]12COCc1ccccc1. The molecule has 4 rings (SSSR count). The van der Waals surface area contributed by atoms with E-state index in [4.69, 9.17) is 9.47 Å². The van der Waals surface area contributed by atoms with Gasteiger partial charge >= 0.3 is 5.69 Å². The molecule has 0 radical (unpaired) electrons. The van der Waals surface area contributed by atoms with E-state index in [1.807, 2.05) is 18.2 Å². The van der Waals surface area contributed by atoms with Gasteiger partial charge in [0, 0.05) is 23.7 Å². The van der Waals surface area contributed by atoms with Crippen LogP contribution in [0.15, 0.2) is 52.2 Å². The van der Waals surface area contributed by atoms with Gasteiger partial charge in [-0.1, -0.05) is 30.3 Å². The van der Waals surface area contributed by atoms with E-state index in [0.29, 0.717) is 19.1 Å². The number of fused-ring (bicyclic) bond motifs is 1. The summed E-state index contributed by atoms with van der Waals surface area (Å²) in [5.41, 5.74) is 0.0999. The number of nitrogens with zero attached hydrogens (tertiary/aromatic N) is 1. The van der Waals surface area contributed by atoms with Crippen LogP contribution >= 0.6 is 0 Å². The standard InChI is InChI=1S/C22H28N2O4/c1-21(2,3)28-18-11-17(24-10-9-19(25)23-20(24)26)16-12-22(16,18)14-27-13-15-7-5-4-6-8-15/h4-10,16-18H,11-14H2,1-3H3,(H,23,25,26)/t16-,17+,18+,22+/m1/s1. The molecule has 2 fully saturated rings. The summed E-state index contributed by atoms with van der Waals surface area (Å²) < 4.78 is 14.2. The van der Waals surface area contributed by atoms with E-state index in [9.17, 15) is 9.59 Å². The predicted octanol–water partition coefficient (Wildman–Crippen LogP) is 2.89. The van der Waals surface area contributed by atoms with Crippen LogP contribution in [0.3, 0.4) is 0 Å². The normalized spacial score (nSPS) is 28.9. The number of hydrogen-bond acceptors (Lipinski definition) is 4. The Kier molecular flexibility index (Phi) is 4.79. The molecule has 2 aromatic rings. The topological polar surface area (TPSA) is 73.3 Å². The van der Waals surface area contributed by atoms with Crippen molar-refractivity contribution in [3.8, 4) is 0 Å². The molecular formula is C22H28N2O4. The fraction of sp³-hybridized carbons (Fsp3) is 0.545. The lowest BCUT2D eigenvalue weighted by Gasteiger charge is -2.31. The Morgan fingerprint density at radius 1 is 1.18 bits per heavy atom. The molecule has 2 aliphatic rings. The molecule has 0 bridgehead atoms. The molecule has 1 aromatic carbocycles. The summed E-state index contributed by atoms with van der Waals surface area (Å²) in [7, 11) is 0. The molecule has 6 heteroatoms. The van der Waals surface area contributed by atoms with Gasteiger partial charge in [0.25, 0.3) is 5.56 Å². The monoisotopic (exact) mass is 384 g/mol. The van der Waals surface area contributed by atoms with Crippen molar-refractivity contribution in [3.05, 3.63) is 69.0 Å². The second kappa shape index (κ2) is 7.01. The summed E-state index contributed by atoms with van der Waals surface area (Å²) in [6, 6.07) is 11.6.